The Morgan fingerprint density at radius 2 is 2.16 bits per heavy atom. The molecular formula is C14H22N2O2S. The number of aryl methyl sites for hydroxylation is 1. The molecule has 1 heterocycles. The normalized spacial score (nSPS) is 18.7. The molecule has 0 unspecified atom stereocenters. The van der Waals surface area contributed by atoms with Crippen molar-refractivity contribution in [1.82, 2.24) is 9.88 Å². The number of hydrogen-bond acceptors (Lipinski definition) is 4. The molecule has 0 radical (unpaired) electrons. The topological polar surface area (TPSA) is 53.4 Å². The van der Waals surface area contributed by atoms with Gasteiger partial charge in [-0.25, -0.2) is 4.98 Å². The van der Waals surface area contributed by atoms with Crippen molar-refractivity contribution in [2.45, 2.75) is 45.6 Å². The van der Waals surface area contributed by atoms with Crippen molar-refractivity contribution in [3.8, 4) is 0 Å². The van der Waals surface area contributed by atoms with Crippen LogP contribution in [0.25, 0.3) is 0 Å². The molecule has 0 aliphatic heterocycles. The molecule has 1 aromatic rings. The molecule has 4 nitrogen and oxygen atoms in total. The van der Waals surface area contributed by atoms with Crippen LogP contribution in [-0.4, -0.2) is 34.6 Å². The quantitative estimate of drug-likeness (QED) is 0.902. The van der Waals surface area contributed by atoms with E-state index in [4.69, 9.17) is 0 Å². The van der Waals surface area contributed by atoms with Gasteiger partial charge in [-0.15, -0.1) is 11.3 Å². The largest absolute Gasteiger partial charge is 0.481 e. The second kappa shape index (κ2) is 6.01. The van der Waals surface area contributed by atoms with Crippen LogP contribution < -0.4 is 0 Å². The second-order valence-corrected chi connectivity index (χ2v) is 6.74. The Kier molecular flexibility index (Phi) is 4.58. The molecule has 5 heteroatoms. The van der Waals surface area contributed by atoms with Gasteiger partial charge in [-0.1, -0.05) is 19.3 Å². The van der Waals surface area contributed by atoms with Crippen LogP contribution >= 0.6 is 11.3 Å². The average Bonchev–Trinajstić information content (AvgIpc) is 2.75. The first kappa shape index (κ1) is 14.5. The summed E-state index contributed by atoms with van der Waals surface area (Å²) in [6, 6.07) is 0. The van der Waals surface area contributed by atoms with Gasteiger partial charge in [0.1, 0.15) is 0 Å². The van der Waals surface area contributed by atoms with Crippen LogP contribution in [-0.2, 0) is 11.3 Å². The van der Waals surface area contributed by atoms with Gasteiger partial charge in [-0.05, 0) is 26.8 Å². The van der Waals surface area contributed by atoms with Crippen LogP contribution in [0.2, 0.25) is 0 Å². The Hall–Kier alpha value is -0.940. The molecular weight excluding hydrogens is 260 g/mol. The van der Waals surface area contributed by atoms with Crippen molar-refractivity contribution < 1.29 is 9.90 Å². The first-order chi connectivity index (χ1) is 9.02. The van der Waals surface area contributed by atoms with Gasteiger partial charge in [0, 0.05) is 18.5 Å². The average molecular weight is 282 g/mol. The SMILES string of the molecule is Cc1nc(CN(C)CC2(C(=O)O)CCCCC2)cs1. The highest BCUT2D eigenvalue weighted by Crippen LogP contribution is 2.37. The second-order valence-electron chi connectivity index (χ2n) is 5.68. The zero-order valence-corrected chi connectivity index (χ0v) is 12.5. The van der Waals surface area contributed by atoms with Crippen molar-refractivity contribution in [2.24, 2.45) is 5.41 Å². The number of rotatable bonds is 5. The molecule has 0 bridgehead atoms. The molecule has 2 rings (SSSR count). The minimum absolute atomic E-state index is 0.544. The summed E-state index contributed by atoms with van der Waals surface area (Å²) in [6.07, 6.45) is 4.86. The van der Waals surface area contributed by atoms with Gasteiger partial charge in [0.2, 0.25) is 0 Å². The summed E-state index contributed by atoms with van der Waals surface area (Å²) in [7, 11) is 1.99. The maximum atomic E-state index is 11.6. The van der Waals surface area contributed by atoms with Gasteiger partial charge in [0.15, 0.2) is 0 Å². The maximum Gasteiger partial charge on any atom is 0.310 e. The fourth-order valence-electron chi connectivity index (χ4n) is 3.00. The highest BCUT2D eigenvalue weighted by atomic mass is 32.1. The molecule has 1 aliphatic carbocycles. The van der Waals surface area contributed by atoms with Crippen LogP contribution in [0.4, 0.5) is 0 Å². The van der Waals surface area contributed by atoms with E-state index < -0.39 is 11.4 Å². The number of carboxylic acids is 1. The number of nitrogens with zero attached hydrogens (tertiary/aromatic N) is 2. The van der Waals surface area contributed by atoms with Gasteiger partial charge in [0.25, 0.3) is 0 Å². The van der Waals surface area contributed by atoms with Crippen molar-refractivity contribution in [2.75, 3.05) is 13.6 Å². The van der Waals surface area contributed by atoms with Crippen LogP contribution in [0, 0.1) is 12.3 Å². The lowest BCUT2D eigenvalue weighted by atomic mass is 9.73. The van der Waals surface area contributed by atoms with Crippen molar-refractivity contribution in [3.63, 3.8) is 0 Å². The highest BCUT2D eigenvalue weighted by molar-refractivity contribution is 7.09. The lowest BCUT2D eigenvalue weighted by Crippen LogP contribution is -2.43. The van der Waals surface area contributed by atoms with Crippen molar-refractivity contribution in [3.05, 3.63) is 16.1 Å². The van der Waals surface area contributed by atoms with Gasteiger partial charge >= 0.3 is 5.97 Å². The zero-order chi connectivity index (χ0) is 13.9. The van der Waals surface area contributed by atoms with Gasteiger partial charge in [-0.2, -0.15) is 0 Å². The third-order valence-corrected chi connectivity index (χ3v) is 4.76. The van der Waals surface area contributed by atoms with E-state index in [9.17, 15) is 9.90 Å². The summed E-state index contributed by atoms with van der Waals surface area (Å²) in [5, 5.41) is 12.7. The first-order valence-corrected chi connectivity index (χ1v) is 7.73. The third kappa shape index (κ3) is 3.54. The predicted molar refractivity (Wildman–Crippen MR) is 76.3 cm³/mol. The number of thiazole rings is 1. The number of carboxylic acid groups (broad SMARTS) is 1. The Labute approximate surface area is 118 Å². The molecule has 0 atom stereocenters. The monoisotopic (exact) mass is 282 g/mol. The summed E-state index contributed by atoms with van der Waals surface area (Å²) >= 11 is 1.64. The maximum absolute atomic E-state index is 11.6. The molecule has 1 saturated carbocycles. The lowest BCUT2D eigenvalue weighted by molar-refractivity contribution is -0.152. The van der Waals surface area contributed by atoms with E-state index in [2.05, 4.69) is 15.3 Å². The summed E-state index contributed by atoms with van der Waals surface area (Å²) < 4.78 is 0. The Morgan fingerprint density at radius 1 is 1.47 bits per heavy atom. The number of aromatic nitrogens is 1. The van der Waals surface area contributed by atoms with E-state index in [0.717, 1.165) is 42.9 Å². The molecule has 0 spiro atoms. The van der Waals surface area contributed by atoms with Gasteiger partial charge in [-0.3, -0.25) is 9.69 Å². The summed E-state index contributed by atoms with van der Waals surface area (Å²) in [5.41, 5.74) is 0.499. The molecule has 106 valence electrons. The smallest absolute Gasteiger partial charge is 0.310 e. The minimum Gasteiger partial charge on any atom is -0.481 e. The predicted octanol–water partition coefficient (Wildman–Crippen LogP) is 2.92. The van der Waals surface area contributed by atoms with E-state index in [-0.39, 0.29) is 0 Å². The third-order valence-electron chi connectivity index (χ3n) is 3.94. The first-order valence-electron chi connectivity index (χ1n) is 6.85. The van der Waals surface area contributed by atoms with Crippen molar-refractivity contribution >= 4 is 17.3 Å². The Morgan fingerprint density at radius 3 is 2.68 bits per heavy atom. The molecule has 1 N–H and O–H groups in total. The van der Waals surface area contributed by atoms with Crippen LogP contribution in [0.15, 0.2) is 5.38 Å². The van der Waals surface area contributed by atoms with E-state index >= 15 is 0 Å². The Balaban J connectivity index is 1.98. The number of aliphatic carboxylic acids is 1. The number of carbonyl (C=O) groups is 1. The standard InChI is InChI=1S/C14H22N2O2S/c1-11-15-12(9-19-11)8-16(2)10-14(13(17)18)6-4-3-5-7-14/h9H,3-8,10H2,1-2H3,(H,17,18). The fraction of sp³-hybridized carbons (Fsp3) is 0.714. The van der Waals surface area contributed by atoms with E-state index in [1.165, 1.54) is 6.42 Å². The summed E-state index contributed by atoms with van der Waals surface area (Å²) in [4.78, 5) is 18.2. The zero-order valence-electron chi connectivity index (χ0n) is 11.7. The van der Waals surface area contributed by atoms with Crippen molar-refractivity contribution in [1.29, 1.82) is 0 Å². The van der Waals surface area contributed by atoms with E-state index in [1.807, 2.05) is 14.0 Å². The summed E-state index contributed by atoms with van der Waals surface area (Å²) in [5.74, 6) is -0.631. The molecule has 1 fully saturated rings. The molecule has 0 amide bonds. The van der Waals surface area contributed by atoms with Gasteiger partial charge in [0.05, 0.1) is 16.1 Å². The van der Waals surface area contributed by atoms with Crippen LogP contribution in [0.3, 0.4) is 0 Å². The highest BCUT2D eigenvalue weighted by Gasteiger charge is 2.40. The minimum atomic E-state index is -0.631. The van der Waals surface area contributed by atoms with Crippen LogP contribution in [0.1, 0.15) is 42.8 Å². The van der Waals surface area contributed by atoms with E-state index in [0.29, 0.717) is 6.54 Å². The lowest BCUT2D eigenvalue weighted by Gasteiger charge is -2.36. The fourth-order valence-corrected chi connectivity index (χ4v) is 3.60. The molecule has 0 aromatic carbocycles. The number of hydrogen-bond donors (Lipinski definition) is 1. The Bertz CT molecular complexity index is 438. The molecule has 1 aliphatic rings. The molecule has 19 heavy (non-hydrogen) atoms. The molecule has 0 saturated heterocycles. The van der Waals surface area contributed by atoms with E-state index in [1.54, 1.807) is 11.3 Å². The molecule has 1 aromatic heterocycles. The van der Waals surface area contributed by atoms with Gasteiger partial charge < -0.3 is 5.11 Å². The summed E-state index contributed by atoms with van der Waals surface area (Å²) in [6.45, 7) is 3.35. The van der Waals surface area contributed by atoms with Crippen LogP contribution in [0.5, 0.6) is 0 Å².